The minimum atomic E-state index is -4.31. The standard InChI is InChI=1S/C20H18N2O7S2/c1-27-15-5-7-20(17(12-15)22(23)24)31(25,26)21(13-16-3-2-10-30-16)14-4-6-18-19(11-14)29-9-8-28-18/h2-7,10-12H,8-9,13H2,1H3. The van der Waals surface area contributed by atoms with Crippen molar-refractivity contribution >= 4 is 32.7 Å². The molecule has 0 spiro atoms. The van der Waals surface area contributed by atoms with Crippen LogP contribution in [0.3, 0.4) is 0 Å². The second kappa shape index (κ2) is 8.44. The van der Waals surface area contributed by atoms with E-state index in [1.54, 1.807) is 24.3 Å². The van der Waals surface area contributed by atoms with Crippen molar-refractivity contribution in [3.05, 3.63) is 68.9 Å². The van der Waals surface area contributed by atoms with Gasteiger partial charge < -0.3 is 14.2 Å². The van der Waals surface area contributed by atoms with Gasteiger partial charge in [0.05, 0.1) is 30.3 Å². The number of anilines is 1. The lowest BCUT2D eigenvalue weighted by Crippen LogP contribution is -2.31. The van der Waals surface area contributed by atoms with Crippen LogP contribution in [0.25, 0.3) is 0 Å². The van der Waals surface area contributed by atoms with E-state index < -0.39 is 25.5 Å². The Balaban J connectivity index is 1.85. The summed E-state index contributed by atoms with van der Waals surface area (Å²) < 4.78 is 44.6. The van der Waals surface area contributed by atoms with Gasteiger partial charge in [0.1, 0.15) is 19.0 Å². The molecule has 11 heteroatoms. The quantitative estimate of drug-likeness (QED) is 0.388. The molecular weight excluding hydrogens is 444 g/mol. The maximum Gasteiger partial charge on any atom is 0.293 e. The molecule has 0 fully saturated rings. The van der Waals surface area contributed by atoms with Crippen molar-refractivity contribution in [2.45, 2.75) is 11.4 Å². The topological polar surface area (TPSA) is 108 Å². The Morgan fingerprint density at radius 2 is 1.90 bits per heavy atom. The monoisotopic (exact) mass is 462 g/mol. The number of fused-ring (bicyclic) bond motifs is 1. The predicted octanol–water partition coefficient (Wildman–Crippen LogP) is 3.83. The van der Waals surface area contributed by atoms with Crippen molar-refractivity contribution < 1.29 is 27.6 Å². The SMILES string of the molecule is COc1ccc(S(=O)(=O)N(Cc2cccs2)c2ccc3c(c2)OCCO3)c([N+](=O)[O-])c1. The number of nitro benzene ring substituents is 1. The van der Waals surface area contributed by atoms with Crippen molar-refractivity contribution in [2.24, 2.45) is 0 Å². The van der Waals surface area contributed by atoms with Gasteiger partial charge in [-0.25, -0.2) is 8.42 Å². The van der Waals surface area contributed by atoms with Crippen LogP contribution in [0.15, 0.2) is 58.8 Å². The summed E-state index contributed by atoms with van der Waals surface area (Å²) in [4.78, 5) is 11.2. The molecule has 0 unspecified atom stereocenters. The molecule has 9 nitrogen and oxygen atoms in total. The minimum absolute atomic E-state index is 0.00280. The first kappa shape index (κ1) is 20.9. The highest BCUT2D eigenvalue weighted by molar-refractivity contribution is 7.93. The fraction of sp³-hybridized carbons (Fsp3) is 0.200. The maximum absolute atomic E-state index is 13.7. The Morgan fingerprint density at radius 3 is 2.58 bits per heavy atom. The van der Waals surface area contributed by atoms with Crippen LogP contribution >= 0.6 is 11.3 Å². The van der Waals surface area contributed by atoms with Gasteiger partial charge in [-0.05, 0) is 35.7 Å². The summed E-state index contributed by atoms with van der Waals surface area (Å²) in [7, 11) is -2.96. The largest absolute Gasteiger partial charge is 0.497 e. The molecule has 0 aliphatic carbocycles. The molecule has 0 radical (unpaired) electrons. The van der Waals surface area contributed by atoms with Crippen LogP contribution in [0.1, 0.15) is 4.88 Å². The smallest absolute Gasteiger partial charge is 0.293 e. The van der Waals surface area contributed by atoms with E-state index in [1.807, 2.05) is 11.4 Å². The number of benzene rings is 2. The third kappa shape index (κ3) is 4.14. The summed E-state index contributed by atoms with van der Waals surface area (Å²) in [6.45, 7) is 0.752. The molecule has 0 saturated carbocycles. The number of sulfonamides is 1. The van der Waals surface area contributed by atoms with Gasteiger partial charge in [-0.2, -0.15) is 0 Å². The van der Waals surface area contributed by atoms with Crippen molar-refractivity contribution in [3.63, 3.8) is 0 Å². The van der Waals surface area contributed by atoms with Crippen molar-refractivity contribution in [3.8, 4) is 17.2 Å². The van der Waals surface area contributed by atoms with Gasteiger partial charge in [-0.15, -0.1) is 11.3 Å². The molecule has 162 valence electrons. The predicted molar refractivity (Wildman–Crippen MR) is 115 cm³/mol. The van der Waals surface area contributed by atoms with Crippen LogP contribution in [-0.4, -0.2) is 33.7 Å². The van der Waals surface area contributed by atoms with E-state index in [4.69, 9.17) is 14.2 Å². The average molecular weight is 463 g/mol. The van der Waals surface area contributed by atoms with E-state index in [0.29, 0.717) is 30.4 Å². The molecule has 4 rings (SSSR count). The summed E-state index contributed by atoms with van der Waals surface area (Å²) in [6.07, 6.45) is 0. The van der Waals surface area contributed by atoms with Crippen LogP contribution in [0.5, 0.6) is 17.2 Å². The van der Waals surface area contributed by atoms with Crippen molar-refractivity contribution in [1.29, 1.82) is 0 Å². The normalized spacial score (nSPS) is 12.9. The Kier molecular flexibility index (Phi) is 5.70. The molecule has 0 bridgehead atoms. The fourth-order valence-corrected chi connectivity index (χ4v) is 5.50. The fourth-order valence-electron chi connectivity index (χ4n) is 3.15. The lowest BCUT2D eigenvalue weighted by molar-refractivity contribution is -0.387. The van der Waals surface area contributed by atoms with Gasteiger partial charge >= 0.3 is 0 Å². The first-order valence-corrected chi connectivity index (χ1v) is 11.5. The zero-order chi connectivity index (χ0) is 22.0. The highest BCUT2D eigenvalue weighted by atomic mass is 32.2. The number of methoxy groups -OCH3 is 1. The summed E-state index contributed by atoms with van der Waals surface area (Å²) in [5.74, 6) is 1.12. The molecular formula is C20H18N2O7S2. The summed E-state index contributed by atoms with van der Waals surface area (Å²) in [6, 6.07) is 12.1. The zero-order valence-electron chi connectivity index (χ0n) is 16.4. The number of hydrogen-bond donors (Lipinski definition) is 0. The highest BCUT2D eigenvalue weighted by Crippen LogP contribution is 2.38. The Morgan fingerprint density at radius 1 is 1.13 bits per heavy atom. The van der Waals surface area contributed by atoms with Crippen molar-refractivity contribution in [2.75, 3.05) is 24.6 Å². The molecule has 3 aromatic rings. The van der Waals surface area contributed by atoms with Crippen LogP contribution in [0, 0.1) is 10.1 Å². The first-order valence-electron chi connectivity index (χ1n) is 9.17. The Hall–Kier alpha value is -3.31. The Labute approximate surface area is 182 Å². The molecule has 0 N–H and O–H groups in total. The average Bonchev–Trinajstić information content (AvgIpc) is 3.30. The lowest BCUT2D eigenvalue weighted by Gasteiger charge is -2.26. The number of ether oxygens (including phenoxy) is 3. The second-order valence-electron chi connectivity index (χ2n) is 6.51. The Bertz CT molecular complexity index is 1210. The molecule has 2 heterocycles. The van der Waals surface area contributed by atoms with E-state index in [0.717, 1.165) is 15.2 Å². The molecule has 1 aromatic heterocycles. The van der Waals surface area contributed by atoms with E-state index in [1.165, 1.54) is 30.6 Å². The van der Waals surface area contributed by atoms with Crippen LogP contribution < -0.4 is 18.5 Å². The van der Waals surface area contributed by atoms with E-state index in [9.17, 15) is 18.5 Å². The third-order valence-corrected chi connectivity index (χ3v) is 7.31. The molecule has 2 aromatic carbocycles. The lowest BCUT2D eigenvalue weighted by atomic mass is 10.2. The zero-order valence-corrected chi connectivity index (χ0v) is 18.0. The van der Waals surface area contributed by atoms with Gasteiger partial charge in [-0.3, -0.25) is 14.4 Å². The van der Waals surface area contributed by atoms with Crippen LogP contribution in [-0.2, 0) is 16.6 Å². The first-order chi connectivity index (χ1) is 14.9. The second-order valence-corrected chi connectivity index (χ2v) is 9.37. The van der Waals surface area contributed by atoms with Gasteiger partial charge in [0, 0.05) is 10.9 Å². The number of hydrogen-bond acceptors (Lipinski definition) is 8. The maximum atomic E-state index is 13.7. The molecule has 1 aliphatic heterocycles. The van der Waals surface area contributed by atoms with E-state index >= 15 is 0 Å². The van der Waals surface area contributed by atoms with Gasteiger partial charge in [0.2, 0.25) is 0 Å². The van der Waals surface area contributed by atoms with E-state index in [2.05, 4.69) is 0 Å². The number of nitrogens with zero attached hydrogens (tertiary/aromatic N) is 2. The number of nitro groups is 1. The van der Waals surface area contributed by atoms with E-state index in [-0.39, 0.29) is 12.3 Å². The molecule has 0 saturated heterocycles. The number of rotatable bonds is 7. The molecule has 0 atom stereocenters. The number of thiophene rings is 1. The van der Waals surface area contributed by atoms with Crippen LogP contribution in [0.4, 0.5) is 11.4 Å². The summed E-state index contributed by atoms with van der Waals surface area (Å²) >= 11 is 1.39. The third-order valence-electron chi connectivity index (χ3n) is 4.62. The van der Waals surface area contributed by atoms with Gasteiger partial charge in [0.15, 0.2) is 16.4 Å². The molecule has 1 aliphatic rings. The summed E-state index contributed by atoms with van der Waals surface area (Å²) in [5.41, 5.74) is -0.254. The minimum Gasteiger partial charge on any atom is -0.497 e. The molecule has 31 heavy (non-hydrogen) atoms. The van der Waals surface area contributed by atoms with Crippen LogP contribution in [0.2, 0.25) is 0 Å². The van der Waals surface area contributed by atoms with Crippen molar-refractivity contribution in [1.82, 2.24) is 0 Å². The summed E-state index contributed by atoms with van der Waals surface area (Å²) in [5, 5.41) is 13.5. The highest BCUT2D eigenvalue weighted by Gasteiger charge is 2.33. The van der Waals surface area contributed by atoms with Gasteiger partial charge in [-0.1, -0.05) is 6.07 Å². The van der Waals surface area contributed by atoms with Gasteiger partial charge in [0.25, 0.3) is 15.7 Å². The molecule has 0 amide bonds.